The topological polar surface area (TPSA) is 70.3 Å². The molecule has 1 aromatic heterocycles. The number of guanidine groups is 1. The van der Waals surface area contributed by atoms with Crippen molar-refractivity contribution >= 4 is 11.9 Å². The largest absolute Gasteiger partial charge is 0.494 e. The van der Waals surface area contributed by atoms with Crippen LogP contribution in [0.3, 0.4) is 0 Å². The number of ether oxygens (including phenoxy) is 1. The van der Waals surface area contributed by atoms with Crippen molar-refractivity contribution in [3.05, 3.63) is 54.0 Å². The van der Waals surface area contributed by atoms with Gasteiger partial charge in [-0.05, 0) is 38.1 Å². The van der Waals surface area contributed by atoms with E-state index in [0.717, 1.165) is 37.8 Å². The first-order valence-electron chi connectivity index (χ1n) is 10.2. The van der Waals surface area contributed by atoms with E-state index < -0.39 is 0 Å². The van der Waals surface area contributed by atoms with Crippen LogP contribution in [0.2, 0.25) is 0 Å². The second-order valence-corrected chi connectivity index (χ2v) is 7.01. The van der Waals surface area contributed by atoms with E-state index in [2.05, 4.69) is 24.1 Å². The summed E-state index contributed by atoms with van der Waals surface area (Å²) in [5.41, 5.74) is 1.23. The van der Waals surface area contributed by atoms with Crippen molar-refractivity contribution in [2.45, 2.75) is 20.3 Å². The zero-order valence-electron chi connectivity index (χ0n) is 17.3. The molecule has 0 aliphatic carbocycles. The molecule has 1 amide bonds. The van der Waals surface area contributed by atoms with Crippen LogP contribution < -0.4 is 10.1 Å². The van der Waals surface area contributed by atoms with E-state index in [9.17, 15) is 4.79 Å². The molecule has 0 saturated carbocycles. The third-order valence-corrected chi connectivity index (χ3v) is 4.79. The Morgan fingerprint density at radius 2 is 1.86 bits per heavy atom. The molecular formula is C22H30N4O3. The fourth-order valence-electron chi connectivity index (χ4n) is 3.18. The minimum absolute atomic E-state index is 0.0511. The van der Waals surface area contributed by atoms with Crippen LogP contribution in [0.5, 0.6) is 5.75 Å². The molecule has 2 aromatic rings. The number of hydrogen-bond acceptors (Lipinski definition) is 4. The first-order chi connectivity index (χ1) is 14.2. The zero-order chi connectivity index (χ0) is 20.5. The quantitative estimate of drug-likeness (QED) is 0.441. The van der Waals surface area contributed by atoms with Gasteiger partial charge < -0.3 is 24.3 Å². The van der Waals surface area contributed by atoms with Gasteiger partial charge in [0.2, 0.25) is 0 Å². The molecule has 1 saturated heterocycles. The first kappa shape index (κ1) is 20.8. The number of benzene rings is 1. The molecule has 1 aliphatic heterocycles. The molecule has 3 rings (SSSR count). The molecule has 2 heterocycles. The number of amides is 1. The molecule has 1 N–H and O–H groups in total. The van der Waals surface area contributed by atoms with E-state index >= 15 is 0 Å². The van der Waals surface area contributed by atoms with E-state index in [-0.39, 0.29) is 5.91 Å². The summed E-state index contributed by atoms with van der Waals surface area (Å²) in [5.74, 6) is 2.13. The van der Waals surface area contributed by atoms with E-state index in [4.69, 9.17) is 14.1 Å². The number of rotatable bonds is 7. The summed E-state index contributed by atoms with van der Waals surface area (Å²) in [4.78, 5) is 21.2. The number of nitrogens with one attached hydrogen (secondary N) is 1. The summed E-state index contributed by atoms with van der Waals surface area (Å²) in [7, 11) is 0. The van der Waals surface area contributed by atoms with Gasteiger partial charge in [0, 0.05) is 45.7 Å². The Bertz CT molecular complexity index is 779. The molecule has 1 aromatic carbocycles. The SMILES string of the molecule is CCNC(=NCCCOc1ccc(C)cc1)N1CCN(C(=O)c2ccco2)CC1. The van der Waals surface area contributed by atoms with Crippen molar-refractivity contribution in [1.82, 2.24) is 15.1 Å². The number of piperazine rings is 1. The molecule has 1 fully saturated rings. The van der Waals surface area contributed by atoms with E-state index in [0.29, 0.717) is 32.0 Å². The average molecular weight is 399 g/mol. The van der Waals surface area contributed by atoms with Crippen LogP contribution in [0.1, 0.15) is 29.5 Å². The lowest BCUT2D eigenvalue weighted by Gasteiger charge is -2.36. The van der Waals surface area contributed by atoms with Gasteiger partial charge in [0.1, 0.15) is 5.75 Å². The van der Waals surface area contributed by atoms with Gasteiger partial charge in [0.25, 0.3) is 5.91 Å². The second-order valence-electron chi connectivity index (χ2n) is 7.01. The van der Waals surface area contributed by atoms with Crippen molar-refractivity contribution in [3.8, 4) is 5.75 Å². The second kappa shape index (κ2) is 10.5. The molecule has 0 radical (unpaired) electrons. The Hall–Kier alpha value is -2.96. The van der Waals surface area contributed by atoms with Gasteiger partial charge in [0.05, 0.1) is 12.9 Å². The predicted molar refractivity (Wildman–Crippen MR) is 113 cm³/mol. The maximum atomic E-state index is 12.4. The number of nitrogens with zero attached hydrogens (tertiary/aromatic N) is 3. The van der Waals surface area contributed by atoms with Crippen molar-refractivity contribution in [2.75, 3.05) is 45.9 Å². The number of aryl methyl sites for hydroxylation is 1. The molecule has 0 spiro atoms. The lowest BCUT2D eigenvalue weighted by molar-refractivity contribution is 0.0657. The van der Waals surface area contributed by atoms with Gasteiger partial charge >= 0.3 is 0 Å². The van der Waals surface area contributed by atoms with Crippen LogP contribution in [0.15, 0.2) is 52.1 Å². The Morgan fingerprint density at radius 3 is 2.52 bits per heavy atom. The third-order valence-electron chi connectivity index (χ3n) is 4.79. The maximum Gasteiger partial charge on any atom is 0.289 e. The minimum atomic E-state index is -0.0511. The highest BCUT2D eigenvalue weighted by Gasteiger charge is 2.25. The average Bonchev–Trinajstić information content (AvgIpc) is 3.29. The van der Waals surface area contributed by atoms with Crippen LogP contribution in [0.25, 0.3) is 0 Å². The minimum Gasteiger partial charge on any atom is -0.494 e. The highest BCUT2D eigenvalue weighted by molar-refractivity contribution is 5.91. The van der Waals surface area contributed by atoms with Crippen LogP contribution in [-0.4, -0.2) is 67.5 Å². The van der Waals surface area contributed by atoms with Crippen LogP contribution in [-0.2, 0) is 0 Å². The Balaban J connectivity index is 1.44. The monoisotopic (exact) mass is 398 g/mol. The van der Waals surface area contributed by atoms with E-state index in [1.807, 2.05) is 29.2 Å². The molecule has 0 atom stereocenters. The molecular weight excluding hydrogens is 368 g/mol. The highest BCUT2D eigenvalue weighted by Crippen LogP contribution is 2.12. The Kier molecular flexibility index (Phi) is 7.55. The van der Waals surface area contributed by atoms with Crippen molar-refractivity contribution in [2.24, 2.45) is 4.99 Å². The van der Waals surface area contributed by atoms with Gasteiger partial charge in [-0.1, -0.05) is 17.7 Å². The van der Waals surface area contributed by atoms with Gasteiger partial charge in [0.15, 0.2) is 11.7 Å². The molecule has 29 heavy (non-hydrogen) atoms. The highest BCUT2D eigenvalue weighted by atomic mass is 16.5. The maximum absolute atomic E-state index is 12.4. The number of furan rings is 1. The summed E-state index contributed by atoms with van der Waals surface area (Å²) >= 11 is 0. The van der Waals surface area contributed by atoms with E-state index in [1.165, 1.54) is 11.8 Å². The summed E-state index contributed by atoms with van der Waals surface area (Å²) < 4.78 is 11.0. The Morgan fingerprint density at radius 1 is 1.14 bits per heavy atom. The summed E-state index contributed by atoms with van der Waals surface area (Å²) in [6, 6.07) is 11.5. The predicted octanol–water partition coefficient (Wildman–Crippen LogP) is 2.78. The van der Waals surface area contributed by atoms with Crippen LogP contribution in [0, 0.1) is 6.92 Å². The normalized spacial score (nSPS) is 14.8. The summed E-state index contributed by atoms with van der Waals surface area (Å²) in [6.45, 7) is 9.07. The lowest BCUT2D eigenvalue weighted by atomic mass is 10.2. The van der Waals surface area contributed by atoms with Crippen molar-refractivity contribution < 1.29 is 13.9 Å². The molecule has 7 nitrogen and oxygen atoms in total. The fraction of sp³-hybridized carbons (Fsp3) is 0.455. The van der Waals surface area contributed by atoms with Crippen LogP contribution >= 0.6 is 0 Å². The smallest absolute Gasteiger partial charge is 0.289 e. The first-order valence-corrected chi connectivity index (χ1v) is 10.2. The lowest BCUT2D eigenvalue weighted by Crippen LogP contribution is -2.53. The number of carbonyl (C=O) groups excluding carboxylic acids is 1. The molecule has 156 valence electrons. The zero-order valence-corrected chi connectivity index (χ0v) is 17.3. The van der Waals surface area contributed by atoms with Crippen LogP contribution in [0.4, 0.5) is 0 Å². The van der Waals surface area contributed by atoms with Crippen molar-refractivity contribution in [1.29, 1.82) is 0 Å². The Labute approximate surface area is 172 Å². The van der Waals surface area contributed by atoms with Crippen molar-refractivity contribution in [3.63, 3.8) is 0 Å². The summed E-state index contributed by atoms with van der Waals surface area (Å²) in [6.07, 6.45) is 2.38. The fourth-order valence-corrected chi connectivity index (χ4v) is 3.18. The number of hydrogen-bond donors (Lipinski definition) is 1. The molecule has 7 heteroatoms. The number of carbonyl (C=O) groups is 1. The van der Waals surface area contributed by atoms with Gasteiger partial charge in [-0.2, -0.15) is 0 Å². The number of aliphatic imine (C=N–C) groups is 1. The van der Waals surface area contributed by atoms with Gasteiger partial charge in [-0.25, -0.2) is 0 Å². The molecule has 0 unspecified atom stereocenters. The van der Waals surface area contributed by atoms with E-state index in [1.54, 1.807) is 12.1 Å². The molecule has 0 bridgehead atoms. The molecule has 1 aliphatic rings. The summed E-state index contributed by atoms with van der Waals surface area (Å²) in [5, 5.41) is 3.35. The standard InChI is InChI=1S/C22H30N4O3/c1-3-23-22(24-11-5-17-28-19-9-7-18(2)8-10-19)26-14-12-25(13-15-26)21(27)20-6-4-16-29-20/h4,6-10,16H,3,5,11-15,17H2,1-2H3,(H,23,24). The van der Waals surface area contributed by atoms with Gasteiger partial charge in [-0.15, -0.1) is 0 Å². The van der Waals surface area contributed by atoms with Gasteiger partial charge in [-0.3, -0.25) is 9.79 Å². The third kappa shape index (κ3) is 6.01.